The van der Waals surface area contributed by atoms with Crippen LogP contribution in [0.1, 0.15) is 13.2 Å². The van der Waals surface area contributed by atoms with Crippen LogP contribution in [0.4, 0.5) is 11.5 Å². The molecule has 4 unspecified atom stereocenters. The molecule has 0 radical (unpaired) electrons. The number of aliphatic hydroxyl groups excluding tert-OH is 2. The van der Waals surface area contributed by atoms with Gasteiger partial charge in [0.25, 0.3) is 5.69 Å². The lowest BCUT2D eigenvalue weighted by Crippen LogP contribution is -2.44. The Bertz CT molecular complexity index is 790. The third-order valence-electron chi connectivity index (χ3n) is 4.21. The summed E-state index contributed by atoms with van der Waals surface area (Å²) in [7, 11) is 1.57. The Hall–Kier alpha value is -2.34. The van der Waals surface area contributed by atoms with Crippen molar-refractivity contribution in [2.45, 2.75) is 31.0 Å². The molecule has 1 fully saturated rings. The van der Waals surface area contributed by atoms with Crippen LogP contribution in [0.5, 0.6) is 0 Å². The number of rotatable bonds is 4. The number of aliphatic hydroxyl groups is 3. The Kier molecular flexibility index (Phi) is 3.87. The van der Waals surface area contributed by atoms with E-state index in [2.05, 4.69) is 15.3 Å². The highest BCUT2D eigenvalue weighted by Gasteiger charge is 2.53. The Morgan fingerprint density at radius 2 is 2.25 bits per heavy atom. The quantitative estimate of drug-likeness (QED) is 0.421. The fraction of sp³-hybridized carbons (Fsp3) is 0.538. The first-order valence-corrected chi connectivity index (χ1v) is 7.17. The highest BCUT2D eigenvalue weighted by atomic mass is 16.6. The van der Waals surface area contributed by atoms with Gasteiger partial charge in [-0.05, 0) is 6.92 Å². The molecule has 24 heavy (non-hydrogen) atoms. The van der Waals surface area contributed by atoms with E-state index in [4.69, 9.17) is 4.74 Å². The first-order valence-electron chi connectivity index (χ1n) is 7.17. The van der Waals surface area contributed by atoms with E-state index in [9.17, 15) is 25.4 Å². The highest BCUT2D eigenvalue weighted by molar-refractivity contribution is 5.96. The lowest BCUT2D eigenvalue weighted by atomic mass is 9.96. The minimum Gasteiger partial charge on any atom is -0.394 e. The van der Waals surface area contributed by atoms with Crippen molar-refractivity contribution in [1.29, 1.82) is 0 Å². The van der Waals surface area contributed by atoms with Gasteiger partial charge in [-0.25, -0.2) is 9.97 Å². The minimum atomic E-state index is -1.78. The van der Waals surface area contributed by atoms with Crippen LogP contribution in [-0.4, -0.2) is 66.2 Å². The summed E-state index contributed by atoms with van der Waals surface area (Å²) in [5, 5.41) is 44.2. The number of fused-ring (bicyclic) bond motifs is 1. The Balaban J connectivity index is 2.23. The summed E-state index contributed by atoms with van der Waals surface area (Å²) in [6.45, 7) is 0.821. The summed E-state index contributed by atoms with van der Waals surface area (Å²) in [4.78, 5) is 18.8. The monoisotopic (exact) mass is 339 g/mol. The van der Waals surface area contributed by atoms with E-state index in [-0.39, 0.29) is 22.5 Å². The van der Waals surface area contributed by atoms with Crippen LogP contribution < -0.4 is 5.32 Å². The molecule has 1 aliphatic heterocycles. The molecule has 11 nitrogen and oxygen atoms in total. The summed E-state index contributed by atoms with van der Waals surface area (Å²) >= 11 is 0. The molecule has 0 amide bonds. The van der Waals surface area contributed by atoms with Crippen LogP contribution in [0.3, 0.4) is 0 Å². The van der Waals surface area contributed by atoms with Crippen LogP contribution in [0.2, 0.25) is 0 Å². The van der Waals surface area contributed by atoms with Gasteiger partial charge >= 0.3 is 0 Å². The number of hydrogen-bond donors (Lipinski definition) is 4. The number of hydrogen-bond acceptors (Lipinski definition) is 9. The fourth-order valence-electron chi connectivity index (χ4n) is 2.96. The van der Waals surface area contributed by atoms with Crippen LogP contribution in [0.25, 0.3) is 11.0 Å². The topological polar surface area (TPSA) is 156 Å². The Morgan fingerprint density at radius 3 is 2.79 bits per heavy atom. The van der Waals surface area contributed by atoms with Crippen LogP contribution in [0.15, 0.2) is 12.5 Å². The molecule has 0 saturated carbocycles. The molecule has 2 aromatic rings. The van der Waals surface area contributed by atoms with Gasteiger partial charge < -0.3 is 25.4 Å². The van der Waals surface area contributed by atoms with Crippen molar-refractivity contribution in [3.05, 3.63) is 22.6 Å². The molecular formula is C13H17N5O6. The smallest absolute Gasteiger partial charge is 0.300 e. The summed E-state index contributed by atoms with van der Waals surface area (Å²) in [5.41, 5.74) is -1.88. The third kappa shape index (κ3) is 2.21. The molecular weight excluding hydrogens is 322 g/mol. The predicted molar refractivity (Wildman–Crippen MR) is 81.4 cm³/mol. The molecule has 3 heterocycles. The SMILES string of the molecule is CNc1ncnc2c1c([N+](=O)[O-])cn2C1OC(CO)C(O)C1(C)O. The van der Waals surface area contributed by atoms with Gasteiger partial charge in [0.05, 0.1) is 17.7 Å². The van der Waals surface area contributed by atoms with Crippen molar-refractivity contribution in [2.75, 3.05) is 19.0 Å². The average Bonchev–Trinajstić information content (AvgIpc) is 3.04. The predicted octanol–water partition coefficient (Wildman–Crippen LogP) is -0.617. The number of ether oxygens (including phenoxy) is 1. The van der Waals surface area contributed by atoms with E-state index in [0.717, 1.165) is 0 Å². The van der Waals surface area contributed by atoms with Gasteiger partial charge in [0.2, 0.25) is 0 Å². The number of aromatic nitrogens is 3. The average molecular weight is 339 g/mol. The van der Waals surface area contributed by atoms with E-state index >= 15 is 0 Å². The van der Waals surface area contributed by atoms with Crippen molar-refractivity contribution in [3.8, 4) is 0 Å². The minimum absolute atomic E-state index is 0.159. The molecule has 0 aromatic carbocycles. The van der Waals surface area contributed by atoms with Crippen molar-refractivity contribution < 1.29 is 25.0 Å². The lowest BCUT2D eigenvalue weighted by molar-refractivity contribution is -0.383. The molecule has 2 aromatic heterocycles. The highest BCUT2D eigenvalue weighted by Crippen LogP contribution is 2.42. The lowest BCUT2D eigenvalue weighted by Gasteiger charge is -2.27. The van der Waals surface area contributed by atoms with E-state index in [1.54, 1.807) is 7.05 Å². The van der Waals surface area contributed by atoms with Gasteiger partial charge in [-0.3, -0.25) is 14.7 Å². The zero-order valence-electron chi connectivity index (χ0n) is 12.9. The van der Waals surface area contributed by atoms with Crippen molar-refractivity contribution in [3.63, 3.8) is 0 Å². The van der Waals surface area contributed by atoms with E-state index in [1.165, 1.54) is 24.0 Å². The van der Waals surface area contributed by atoms with Gasteiger partial charge in [-0.1, -0.05) is 0 Å². The fourth-order valence-corrected chi connectivity index (χ4v) is 2.96. The zero-order valence-corrected chi connectivity index (χ0v) is 12.9. The molecule has 4 N–H and O–H groups in total. The van der Waals surface area contributed by atoms with E-state index < -0.39 is 35.6 Å². The second-order valence-corrected chi connectivity index (χ2v) is 5.73. The molecule has 0 spiro atoms. The summed E-state index contributed by atoms with van der Waals surface area (Å²) in [5.74, 6) is 0.252. The largest absolute Gasteiger partial charge is 0.394 e. The second-order valence-electron chi connectivity index (χ2n) is 5.73. The first-order chi connectivity index (χ1) is 11.3. The van der Waals surface area contributed by atoms with E-state index in [0.29, 0.717) is 0 Å². The van der Waals surface area contributed by atoms with Gasteiger partial charge in [-0.2, -0.15) is 0 Å². The number of anilines is 1. The maximum atomic E-state index is 11.4. The maximum absolute atomic E-state index is 11.4. The van der Waals surface area contributed by atoms with Crippen LogP contribution in [0, 0.1) is 10.1 Å². The maximum Gasteiger partial charge on any atom is 0.300 e. The van der Waals surface area contributed by atoms with Gasteiger partial charge in [-0.15, -0.1) is 0 Å². The van der Waals surface area contributed by atoms with Crippen LogP contribution >= 0.6 is 0 Å². The molecule has 1 aliphatic rings. The summed E-state index contributed by atoms with van der Waals surface area (Å²) < 4.78 is 6.78. The number of nitro groups is 1. The van der Waals surface area contributed by atoms with E-state index in [1.807, 2.05) is 0 Å². The molecule has 11 heteroatoms. The van der Waals surface area contributed by atoms with Crippen LogP contribution in [-0.2, 0) is 4.74 Å². The zero-order chi connectivity index (χ0) is 17.6. The summed E-state index contributed by atoms with van der Waals surface area (Å²) in [6, 6.07) is 0. The Labute approximate surface area is 135 Å². The molecule has 4 atom stereocenters. The standard InChI is InChI=1S/C13H17N5O6/c1-13(21)9(20)7(4-19)24-12(13)17-3-6(18(22)23)8-10(14-2)15-5-16-11(8)17/h3,5,7,9,12,19-21H,4H2,1-2H3,(H,14,15,16). The molecule has 130 valence electrons. The number of nitrogens with zero attached hydrogens (tertiary/aromatic N) is 4. The summed E-state index contributed by atoms with van der Waals surface area (Å²) in [6.07, 6.45) is -1.16. The van der Waals surface area contributed by atoms with Gasteiger partial charge in [0, 0.05) is 7.05 Å². The molecule has 0 aliphatic carbocycles. The number of nitrogens with one attached hydrogen (secondary N) is 1. The molecule has 0 bridgehead atoms. The first kappa shape index (κ1) is 16.5. The normalized spacial score (nSPS) is 30.0. The molecule has 3 rings (SSSR count). The third-order valence-corrected chi connectivity index (χ3v) is 4.21. The Morgan fingerprint density at radius 1 is 1.54 bits per heavy atom. The van der Waals surface area contributed by atoms with Gasteiger partial charge in [0.1, 0.15) is 35.3 Å². The van der Waals surface area contributed by atoms with Crippen molar-refractivity contribution in [1.82, 2.24) is 14.5 Å². The second kappa shape index (κ2) is 5.63. The van der Waals surface area contributed by atoms with Crippen molar-refractivity contribution in [2.24, 2.45) is 0 Å². The molecule has 1 saturated heterocycles. The van der Waals surface area contributed by atoms with Crippen molar-refractivity contribution >= 4 is 22.5 Å². The van der Waals surface area contributed by atoms with Gasteiger partial charge in [0.15, 0.2) is 11.9 Å².